The van der Waals surface area contributed by atoms with E-state index < -0.39 is 10.2 Å². The number of hydrogen-bond donors (Lipinski definition) is 2. The Morgan fingerprint density at radius 2 is 1.71 bits per heavy atom. The highest BCUT2D eigenvalue weighted by Crippen LogP contribution is 2.25. The van der Waals surface area contributed by atoms with Crippen molar-refractivity contribution < 1.29 is 8.42 Å². The Labute approximate surface area is 143 Å². The molecule has 1 aliphatic heterocycles. The van der Waals surface area contributed by atoms with Gasteiger partial charge in [-0.2, -0.15) is 13.1 Å². The van der Waals surface area contributed by atoms with E-state index in [9.17, 15) is 8.42 Å². The SMILES string of the molecule is O=S(=O)(NCCN1CCCc2ccccc21)NCc1ccccc1. The van der Waals surface area contributed by atoms with Gasteiger partial charge < -0.3 is 4.90 Å². The molecule has 0 fully saturated rings. The number of para-hydroxylation sites is 1. The van der Waals surface area contributed by atoms with Gasteiger partial charge in [-0.1, -0.05) is 48.5 Å². The van der Waals surface area contributed by atoms with Gasteiger partial charge in [0, 0.05) is 31.9 Å². The summed E-state index contributed by atoms with van der Waals surface area (Å²) in [4.78, 5) is 2.25. The summed E-state index contributed by atoms with van der Waals surface area (Å²) in [5.74, 6) is 0. The smallest absolute Gasteiger partial charge is 0.277 e. The number of rotatable bonds is 7. The Hall–Kier alpha value is -1.89. The van der Waals surface area contributed by atoms with Gasteiger partial charge in [0.2, 0.25) is 0 Å². The van der Waals surface area contributed by atoms with Crippen LogP contribution in [0, 0.1) is 0 Å². The van der Waals surface area contributed by atoms with Crippen molar-refractivity contribution in [2.45, 2.75) is 19.4 Å². The summed E-state index contributed by atoms with van der Waals surface area (Å²) >= 11 is 0. The van der Waals surface area contributed by atoms with Gasteiger partial charge in [0.1, 0.15) is 0 Å². The average molecular weight is 345 g/mol. The first-order valence-corrected chi connectivity index (χ1v) is 9.73. The molecular formula is C18H23N3O2S. The second-order valence-electron chi connectivity index (χ2n) is 5.92. The number of anilines is 1. The monoisotopic (exact) mass is 345 g/mol. The number of benzene rings is 2. The number of nitrogens with one attached hydrogen (secondary N) is 2. The van der Waals surface area contributed by atoms with Crippen molar-refractivity contribution in [2.24, 2.45) is 0 Å². The lowest BCUT2D eigenvalue weighted by Crippen LogP contribution is -2.41. The minimum atomic E-state index is -3.48. The molecule has 0 bridgehead atoms. The van der Waals surface area contributed by atoms with Crippen molar-refractivity contribution in [3.05, 3.63) is 65.7 Å². The van der Waals surface area contributed by atoms with Crippen LogP contribution in [0.2, 0.25) is 0 Å². The Kier molecular flexibility index (Phi) is 5.50. The second kappa shape index (κ2) is 7.79. The third kappa shape index (κ3) is 4.56. The highest BCUT2D eigenvalue weighted by molar-refractivity contribution is 7.87. The summed E-state index contributed by atoms with van der Waals surface area (Å²) in [6.07, 6.45) is 2.20. The molecule has 0 saturated carbocycles. The molecule has 0 saturated heterocycles. The van der Waals surface area contributed by atoms with E-state index in [0.29, 0.717) is 19.6 Å². The van der Waals surface area contributed by atoms with Crippen molar-refractivity contribution >= 4 is 15.9 Å². The molecule has 0 aliphatic carbocycles. The number of aryl methyl sites for hydroxylation is 1. The van der Waals surface area contributed by atoms with E-state index in [4.69, 9.17) is 0 Å². The first-order chi connectivity index (χ1) is 11.6. The number of hydrogen-bond acceptors (Lipinski definition) is 3. The molecule has 1 aliphatic rings. The molecule has 24 heavy (non-hydrogen) atoms. The minimum Gasteiger partial charge on any atom is -0.370 e. The van der Waals surface area contributed by atoms with Gasteiger partial charge in [0.15, 0.2) is 0 Å². The predicted molar refractivity (Wildman–Crippen MR) is 97.2 cm³/mol. The standard InChI is InChI=1S/C18H23N3O2S/c22-24(23,20-15-16-7-2-1-3-8-16)19-12-14-21-13-6-10-17-9-4-5-11-18(17)21/h1-5,7-9,11,19-20H,6,10,12-15H2. The molecule has 0 radical (unpaired) electrons. The van der Waals surface area contributed by atoms with E-state index in [1.165, 1.54) is 11.3 Å². The number of fused-ring (bicyclic) bond motifs is 1. The summed E-state index contributed by atoms with van der Waals surface area (Å²) in [6.45, 7) is 2.32. The zero-order valence-corrected chi connectivity index (χ0v) is 14.4. The molecule has 128 valence electrons. The maximum Gasteiger partial charge on any atom is 0.277 e. The fourth-order valence-corrected chi connectivity index (χ4v) is 3.80. The molecule has 3 rings (SSSR count). The zero-order chi connectivity index (χ0) is 16.8. The van der Waals surface area contributed by atoms with E-state index in [1.54, 1.807) is 0 Å². The van der Waals surface area contributed by atoms with E-state index >= 15 is 0 Å². The molecule has 2 aromatic rings. The van der Waals surface area contributed by atoms with E-state index in [2.05, 4.69) is 32.5 Å². The van der Waals surface area contributed by atoms with Crippen LogP contribution in [0.3, 0.4) is 0 Å². The Morgan fingerprint density at radius 1 is 0.958 bits per heavy atom. The quantitative estimate of drug-likeness (QED) is 0.807. The third-order valence-electron chi connectivity index (χ3n) is 4.19. The fraction of sp³-hybridized carbons (Fsp3) is 0.333. The molecule has 0 unspecified atom stereocenters. The van der Waals surface area contributed by atoms with Crippen molar-refractivity contribution in [1.82, 2.24) is 9.44 Å². The normalized spacial score (nSPS) is 14.4. The van der Waals surface area contributed by atoms with E-state index in [1.807, 2.05) is 36.4 Å². The van der Waals surface area contributed by atoms with Crippen molar-refractivity contribution in [3.63, 3.8) is 0 Å². The van der Waals surface area contributed by atoms with Gasteiger partial charge in [0.25, 0.3) is 10.2 Å². The lowest BCUT2D eigenvalue weighted by atomic mass is 10.0. The second-order valence-corrected chi connectivity index (χ2v) is 7.51. The van der Waals surface area contributed by atoms with Crippen LogP contribution < -0.4 is 14.3 Å². The van der Waals surface area contributed by atoms with Gasteiger partial charge in [0.05, 0.1) is 0 Å². The van der Waals surface area contributed by atoms with Gasteiger partial charge in [-0.05, 0) is 30.0 Å². The summed E-state index contributed by atoms with van der Waals surface area (Å²) in [7, 11) is -3.48. The van der Waals surface area contributed by atoms with Crippen molar-refractivity contribution in [2.75, 3.05) is 24.5 Å². The molecular weight excluding hydrogens is 322 g/mol. The highest BCUT2D eigenvalue weighted by atomic mass is 32.2. The van der Waals surface area contributed by atoms with Gasteiger partial charge in [-0.25, -0.2) is 4.72 Å². The Balaban J connectivity index is 1.49. The lowest BCUT2D eigenvalue weighted by Gasteiger charge is -2.31. The molecule has 2 aromatic carbocycles. The first kappa shape index (κ1) is 17.0. The van der Waals surface area contributed by atoms with Crippen LogP contribution in [0.25, 0.3) is 0 Å². The van der Waals surface area contributed by atoms with Gasteiger partial charge >= 0.3 is 0 Å². The lowest BCUT2D eigenvalue weighted by molar-refractivity contribution is 0.564. The average Bonchev–Trinajstić information content (AvgIpc) is 2.61. The largest absolute Gasteiger partial charge is 0.370 e. The van der Waals surface area contributed by atoms with E-state index in [0.717, 1.165) is 24.9 Å². The topological polar surface area (TPSA) is 61.4 Å². The molecule has 0 spiro atoms. The van der Waals surface area contributed by atoms with Crippen LogP contribution in [0.1, 0.15) is 17.5 Å². The van der Waals surface area contributed by atoms with Crippen molar-refractivity contribution in [3.8, 4) is 0 Å². The van der Waals surface area contributed by atoms with Crippen LogP contribution in [-0.2, 0) is 23.2 Å². The first-order valence-electron chi connectivity index (χ1n) is 8.25. The Bertz CT molecular complexity index is 763. The molecule has 0 amide bonds. The summed E-state index contributed by atoms with van der Waals surface area (Å²) in [6, 6.07) is 17.8. The maximum absolute atomic E-state index is 12.1. The van der Waals surface area contributed by atoms with Crippen LogP contribution in [0.5, 0.6) is 0 Å². The van der Waals surface area contributed by atoms with Crippen LogP contribution in [-0.4, -0.2) is 28.1 Å². The summed E-state index contributed by atoms with van der Waals surface area (Å²) < 4.78 is 29.3. The molecule has 0 atom stereocenters. The summed E-state index contributed by atoms with van der Waals surface area (Å²) in [5, 5.41) is 0. The fourth-order valence-electron chi connectivity index (χ4n) is 2.98. The van der Waals surface area contributed by atoms with Crippen molar-refractivity contribution in [1.29, 1.82) is 0 Å². The van der Waals surface area contributed by atoms with Crippen LogP contribution in [0.4, 0.5) is 5.69 Å². The minimum absolute atomic E-state index is 0.294. The van der Waals surface area contributed by atoms with Gasteiger partial charge in [-0.3, -0.25) is 0 Å². The van der Waals surface area contributed by atoms with Gasteiger partial charge in [-0.15, -0.1) is 0 Å². The molecule has 0 aromatic heterocycles. The molecule has 5 nitrogen and oxygen atoms in total. The maximum atomic E-state index is 12.1. The van der Waals surface area contributed by atoms with E-state index in [-0.39, 0.29) is 0 Å². The highest BCUT2D eigenvalue weighted by Gasteiger charge is 2.16. The molecule has 6 heteroatoms. The Morgan fingerprint density at radius 3 is 2.54 bits per heavy atom. The summed E-state index contributed by atoms with van der Waals surface area (Å²) in [5.41, 5.74) is 3.50. The van der Waals surface area contributed by atoms with Crippen LogP contribution >= 0.6 is 0 Å². The van der Waals surface area contributed by atoms with Crippen LogP contribution in [0.15, 0.2) is 54.6 Å². The molecule has 1 heterocycles. The molecule has 2 N–H and O–H groups in total. The predicted octanol–water partition coefficient (Wildman–Crippen LogP) is 2.06. The third-order valence-corrected chi connectivity index (χ3v) is 5.30. The number of nitrogens with zero attached hydrogens (tertiary/aromatic N) is 1. The zero-order valence-electron chi connectivity index (χ0n) is 13.6.